The standard InChI is InChI=1S/C28H25ClN4O2S/c1-17-6-12-22(13-7-17)30-26(34)16-25-27(35)31-28(36-25)33-24(20-5-3-4-18(2)14-20)15-23(32-33)19-8-10-21(29)11-9-19/h3-14,24-25H,15-16H2,1-2H3,(H,30,34)/t24-,25+/m0/s1. The number of nitrogens with one attached hydrogen (secondary N) is 1. The lowest BCUT2D eigenvalue weighted by Crippen LogP contribution is -2.25. The summed E-state index contributed by atoms with van der Waals surface area (Å²) < 4.78 is 0. The Bertz CT molecular complexity index is 1370. The first-order valence-corrected chi connectivity index (χ1v) is 13.0. The summed E-state index contributed by atoms with van der Waals surface area (Å²) in [5.74, 6) is -0.532. The number of halogens is 1. The highest BCUT2D eigenvalue weighted by molar-refractivity contribution is 8.15. The molecule has 1 N–H and O–H groups in total. The number of aliphatic imine (C=N–C) groups is 1. The summed E-state index contributed by atoms with van der Waals surface area (Å²) in [5.41, 5.74) is 5.94. The van der Waals surface area contributed by atoms with Crippen LogP contribution < -0.4 is 5.32 Å². The third-order valence-corrected chi connectivity index (χ3v) is 7.54. The predicted molar refractivity (Wildman–Crippen MR) is 147 cm³/mol. The Kier molecular flexibility index (Phi) is 6.94. The smallest absolute Gasteiger partial charge is 0.262 e. The largest absolute Gasteiger partial charge is 0.326 e. The van der Waals surface area contributed by atoms with Crippen molar-refractivity contribution in [3.05, 3.63) is 100 Å². The molecule has 0 bridgehead atoms. The molecule has 36 heavy (non-hydrogen) atoms. The van der Waals surface area contributed by atoms with Gasteiger partial charge in [-0.15, -0.1) is 0 Å². The second-order valence-corrected chi connectivity index (χ2v) is 10.6. The van der Waals surface area contributed by atoms with Gasteiger partial charge in [0.15, 0.2) is 5.17 Å². The molecule has 0 aliphatic carbocycles. The van der Waals surface area contributed by atoms with Gasteiger partial charge in [0, 0.05) is 23.6 Å². The van der Waals surface area contributed by atoms with Crippen LogP contribution in [0.25, 0.3) is 0 Å². The third kappa shape index (κ3) is 5.37. The van der Waals surface area contributed by atoms with Gasteiger partial charge in [0.2, 0.25) is 5.91 Å². The molecule has 0 radical (unpaired) electrons. The maximum atomic E-state index is 12.8. The van der Waals surface area contributed by atoms with E-state index in [0.29, 0.717) is 22.3 Å². The summed E-state index contributed by atoms with van der Waals surface area (Å²) in [5, 5.41) is 10.2. The molecule has 8 heteroatoms. The Morgan fingerprint density at radius 2 is 1.81 bits per heavy atom. The highest BCUT2D eigenvalue weighted by Gasteiger charge is 2.39. The van der Waals surface area contributed by atoms with Crippen molar-refractivity contribution in [1.82, 2.24) is 5.01 Å². The molecule has 5 rings (SSSR count). The van der Waals surface area contributed by atoms with E-state index < -0.39 is 5.25 Å². The van der Waals surface area contributed by atoms with Crippen LogP contribution >= 0.6 is 23.4 Å². The molecule has 0 unspecified atom stereocenters. The summed E-state index contributed by atoms with van der Waals surface area (Å²) in [4.78, 5) is 29.7. The normalized spacial score (nSPS) is 19.3. The minimum Gasteiger partial charge on any atom is -0.326 e. The van der Waals surface area contributed by atoms with Gasteiger partial charge in [0.1, 0.15) is 5.25 Å². The highest BCUT2D eigenvalue weighted by atomic mass is 35.5. The number of carbonyl (C=O) groups is 2. The van der Waals surface area contributed by atoms with Crippen LogP contribution in [0, 0.1) is 13.8 Å². The SMILES string of the molecule is Cc1ccc(NC(=O)C[C@H]2SC(N3N=C(c4ccc(Cl)cc4)C[C@H]3c3cccc(C)c3)=NC2=O)cc1. The topological polar surface area (TPSA) is 74.1 Å². The molecule has 0 saturated heterocycles. The molecule has 2 aliphatic rings. The Morgan fingerprint density at radius 1 is 1.06 bits per heavy atom. The molecule has 182 valence electrons. The Labute approximate surface area is 219 Å². The van der Waals surface area contributed by atoms with E-state index in [1.54, 1.807) is 0 Å². The number of aryl methyl sites for hydroxylation is 2. The monoisotopic (exact) mass is 516 g/mol. The number of benzene rings is 3. The van der Waals surface area contributed by atoms with E-state index in [9.17, 15) is 9.59 Å². The number of carbonyl (C=O) groups excluding carboxylic acids is 2. The zero-order chi connectivity index (χ0) is 25.2. The van der Waals surface area contributed by atoms with Gasteiger partial charge < -0.3 is 5.32 Å². The molecular weight excluding hydrogens is 492 g/mol. The van der Waals surface area contributed by atoms with Crippen LogP contribution in [0.4, 0.5) is 5.69 Å². The number of hydrogen-bond acceptors (Lipinski definition) is 5. The summed E-state index contributed by atoms with van der Waals surface area (Å²) in [6, 6.07) is 23.3. The fraction of sp³-hybridized carbons (Fsp3) is 0.214. The van der Waals surface area contributed by atoms with Crippen LogP contribution in [0.15, 0.2) is 82.9 Å². The maximum Gasteiger partial charge on any atom is 0.262 e. The van der Waals surface area contributed by atoms with Crippen molar-refractivity contribution in [2.24, 2.45) is 10.1 Å². The number of hydrazone groups is 1. The van der Waals surface area contributed by atoms with E-state index in [4.69, 9.17) is 16.7 Å². The van der Waals surface area contributed by atoms with E-state index in [1.165, 1.54) is 11.8 Å². The number of rotatable bonds is 5. The Hall–Kier alpha value is -3.42. The number of nitrogens with zero attached hydrogens (tertiary/aromatic N) is 3. The van der Waals surface area contributed by atoms with Crippen molar-refractivity contribution in [2.75, 3.05) is 5.32 Å². The van der Waals surface area contributed by atoms with Crippen LogP contribution in [0.1, 0.15) is 41.1 Å². The van der Waals surface area contributed by atoms with Gasteiger partial charge in [-0.1, -0.05) is 83.0 Å². The van der Waals surface area contributed by atoms with E-state index >= 15 is 0 Å². The van der Waals surface area contributed by atoms with E-state index in [2.05, 4.69) is 35.4 Å². The zero-order valence-electron chi connectivity index (χ0n) is 19.9. The molecule has 0 fully saturated rings. The Balaban J connectivity index is 1.35. The van der Waals surface area contributed by atoms with Crippen molar-refractivity contribution in [3.8, 4) is 0 Å². The quantitative estimate of drug-likeness (QED) is 0.442. The zero-order valence-corrected chi connectivity index (χ0v) is 21.5. The van der Waals surface area contributed by atoms with Crippen LogP contribution in [0.2, 0.25) is 5.02 Å². The first-order valence-electron chi connectivity index (χ1n) is 11.7. The van der Waals surface area contributed by atoms with Gasteiger partial charge in [-0.3, -0.25) is 9.59 Å². The maximum absolute atomic E-state index is 12.8. The molecule has 2 amide bonds. The number of amides is 2. The van der Waals surface area contributed by atoms with Gasteiger partial charge in [-0.2, -0.15) is 10.1 Å². The van der Waals surface area contributed by atoms with E-state index in [-0.39, 0.29) is 24.3 Å². The van der Waals surface area contributed by atoms with E-state index in [1.807, 2.05) is 66.5 Å². The molecule has 6 nitrogen and oxygen atoms in total. The minimum atomic E-state index is -0.585. The molecule has 2 aliphatic heterocycles. The van der Waals surface area contributed by atoms with Gasteiger partial charge in [0.25, 0.3) is 5.91 Å². The highest BCUT2D eigenvalue weighted by Crippen LogP contribution is 2.39. The van der Waals surface area contributed by atoms with Crippen molar-refractivity contribution in [2.45, 2.75) is 38.0 Å². The Morgan fingerprint density at radius 3 is 2.53 bits per heavy atom. The van der Waals surface area contributed by atoms with Crippen LogP contribution in [-0.2, 0) is 9.59 Å². The predicted octanol–water partition coefficient (Wildman–Crippen LogP) is 6.13. The van der Waals surface area contributed by atoms with E-state index in [0.717, 1.165) is 28.0 Å². The third-order valence-electron chi connectivity index (χ3n) is 6.15. The van der Waals surface area contributed by atoms with Crippen molar-refractivity contribution in [3.63, 3.8) is 0 Å². The second-order valence-electron chi connectivity index (χ2n) is 8.99. The average molecular weight is 517 g/mol. The molecule has 0 aromatic heterocycles. The summed E-state index contributed by atoms with van der Waals surface area (Å²) in [7, 11) is 0. The first kappa shape index (κ1) is 24.3. The molecule has 0 saturated carbocycles. The molecular formula is C28H25ClN4O2S. The van der Waals surface area contributed by atoms with Gasteiger partial charge >= 0.3 is 0 Å². The van der Waals surface area contributed by atoms with Gasteiger partial charge in [0.05, 0.1) is 11.8 Å². The number of thioether (sulfide) groups is 1. The second kappa shape index (κ2) is 10.3. The van der Waals surface area contributed by atoms with Crippen molar-refractivity contribution >= 4 is 51.7 Å². The molecule has 2 atom stereocenters. The summed E-state index contributed by atoms with van der Waals surface area (Å²) in [6.45, 7) is 4.04. The number of hydrogen-bond donors (Lipinski definition) is 1. The molecule has 0 spiro atoms. The number of amidine groups is 1. The average Bonchev–Trinajstić information content (AvgIpc) is 3.45. The van der Waals surface area contributed by atoms with Gasteiger partial charge in [-0.25, -0.2) is 5.01 Å². The molecule has 2 heterocycles. The lowest BCUT2D eigenvalue weighted by Gasteiger charge is -2.23. The lowest BCUT2D eigenvalue weighted by molar-refractivity contribution is -0.121. The van der Waals surface area contributed by atoms with Crippen molar-refractivity contribution < 1.29 is 9.59 Å². The fourth-order valence-electron chi connectivity index (χ4n) is 4.26. The van der Waals surface area contributed by atoms with Crippen LogP contribution in [0.5, 0.6) is 0 Å². The fourth-order valence-corrected chi connectivity index (χ4v) is 5.45. The van der Waals surface area contributed by atoms with Crippen LogP contribution in [0.3, 0.4) is 0 Å². The van der Waals surface area contributed by atoms with Gasteiger partial charge in [-0.05, 0) is 49.2 Å². The lowest BCUT2D eigenvalue weighted by atomic mass is 9.97. The molecule has 3 aromatic carbocycles. The van der Waals surface area contributed by atoms with Crippen molar-refractivity contribution in [1.29, 1.82) is 0 Å². The number of anilines is 1. The first-order chi connectivity index (χ1) is 17.4. The molecule has 3 aromatic rings. The summed E-state index contributed by atoms with van der Waals surface area (Å²) >= 11 is 7.38. The van der Waals surface area contributed by atoms with Crippen LogP contribution in [-0.4, -0.2) is 33.0 Å². The minimum absolute atomic E-state index is 0.0427. The summed E-state index contributed by atoms with van der Waals surface area (Å²) in [6.07, 6.45) is 0.707.